The van der Waals surface area contributed by atoms with Gasteiger partial charge in [-0.05, 0) is 36.3 Å². The monoisotopic (exact) mass is 366 g/mol. The van der Waals surface area contributed by atoms with E-state index >= 15 is 0 Å². The molecule has 1 atom stereocenters. The van der Waals surface area contributed by atoms with Crippen LogP contribution in [0.1, 0.15) is 22.7 Å². The molecule has 4 nitrogen and oxygen atoms in total. The zero-order chi connectivity index (χ0) is 15.8. The van der Waals surface area contributed by atoms with Crippen molar-refractivity contribution in [1.82, 2.24) is 14.8 Å². The second kappa shape index (κ2) is 5.66. The Balaban J connectivity index is 1.81. The minimum absolute atomic E-state index is 0.0345. The molecule has 0 bridgehead atoms. The highest BCUT2D eigenvalue weighted by Crippen LogP contribution is 2.32. The van der Waals surface area contributed by atoms with Crippen LogP contribution in [0.4, 0.5) is 5.95 Å². The third-order valence-electron chi connectivity index (χ3n) is 3.95. The maximum Gasteiger partial charge on any atom is 0.226 e. The summed E-state index contributed by atoms with van der Waals surface area (Å²) in [4.78, 5) is 4.34. The van der Waals surface area contributed by atoms with Gasteiger partial charge in [-0.2, -0.15) is 10.1 Å². The minimum Gasteiger partial charge on any atom is -0.324 e. The summed E-state index contributed by atoms with van der Waals surface area (Å²) in [5.41, 5.74) is 4.61. The van der Waals surface area contributed by atoms with Crippen molar-refractivity contribution in [3.63, 3.8) is 0 Å². The SMILES string of the molecule is Cc1cccc([C@H]2C=C(c3ccc(Br)cc3)Nc3ncnn32)c1. The number of halogens is 1. The quantitative estimate of drug-likeness (QED) is 0.730. The Bertz CT molecular complexity index is 880. The summed E-state index contributed by atoms with van der Waals surface area (Å²) in [6.45, 7) is 2.10. The first-order valence-corrected chi connectivity index (χ1v) is 8.21. The number of nitrogens with one attached hydrogen (secondary N) is 1. The Morgan fingerprint density at radius 3 is 2.74 bits per heavy atom. The van der Waals surface area contributed by atoms with Crippen molar-refractivity contribution in [3.05, 3.63) is 82.1 Å². The van der Waals surface area contributed by atoms with Crippen LogP contribution in [0.5, 0.6) is 0 Å². The number of rotatable bonds is 2. The van der Waals surface area contributed by atoms with Gasteiger partial charge in [0.15, 0.2) is 0 Å². The predicted molar refractivity (Wildman–Crippen MR) is 95.1 cm³/mol. The molecule has 0 fully saturated rings. The van der Waals surface area contributed by atoms with Gasteiger partial charge in [-0.3, -0.25) is 0 Å². The number of hydrogen-bond acceptors (Lipinski definition) is 3. The molecule has 1 aromatic heterocycles. The van der Waals surface area contributed by atoms with Crippen LogP contribution in [0.15, 0.2) is 65.4 Å². The van der Waals surface area contributed by atoms with Gasteiger partial charge in [0.2, 0.25) is 5.95 Å². The smallest absolute Gasteiger partial charge is 0.226 e. The number of nitrogens with zero attached hydrogens (tertiary/aromatic N) is 3. The average Bonchev–Trinajstić information content (AvgIpc) is 3.03. The van der Waals surface area contributed by atoms with Crippen molar-refractivity contribution in [2.24, 2.45) is 0 Å². The normalized spacial score (nSPS) is 16.4. The van der Waals surface area contributed by atoms with E-state index in [0.29, 0.717) is 0 Å². The van der Waals surface area contributed by atoms with Crippen LogP contribution in [-0.2, 0) is 0 Å². The second-order valence-electron chi connectivity index (χ2n) is 5.60. The maximum absolute atomic E-state index is 4.38. The highest BCUT2D eigenvalue weighted by atomic mass is 79.9. The first kappa shape index (κ1) is 14.2. The molecular weight excluding hydrogens is 352 g/mol. The summed E-state index contributed by atoms with van der Waals surface area (Å²) in [5, 5.41) is 7.74. The van der Waals surface area contributed by atoms with Crippen molar-refractivity contribution >= 4 is 27.6 Å². The van der Waals surface area contributed by atoms with E-state index in [9.17, 15) is 0 Å². The van der Waals surface area contributed by atoms with Crippen molar-refractivity contribution < 1.29 is 0 Å². The maximum atomic E-state index is 4.38. The highest BCUT2D eigenvalue weighted by molar-refractivity contribution is 9.10. The highest BCUT2D eigenvalue weighted by Gasteiger charge is 2.23. The Morgan fingerprint density at radius 2 is 1.96 bits per heavy atom. The van der Waals surface area contributed by atoms with E-state index in [2.05, 4.69) is 80.7 Å². The number of aromatic nitrogens is 3. The van der Waals surface area contributed by atoms with Gasteiger partial charge < -0.3 is 5.32 Å². The molecule has 2 heterocycles. The lowest BCUT2D eigenvalue weighted by Crippen LogP contribution is -2.20. The fourth-order valence-corrected chi connectivity index (χ4v) is 3.09. The summed E-state index contributed by atoms with van der Waals surface area (Å²) < 4.78 is 2.98. The molecule has 1 aliphatic rings. The van der Waals surface area contributed by atoms with Crippen LogP contribution >= 0.6 is 15.9 Å². The first-order chi connectivity index (χ1) is 11.2. The largest absolute Gasteiger partial charge is 0.324 e. The third-order valence-corrected chi connectivity index (χ3v) is 4.48. The van der Waals surface area contributed by atoms with Crippen LogP contribution in [0.3, 0.4) is 0 Å². The Hall–Kier alpha value is -2.40. The van der Waals surface area contributed by atoms with Crippen molar-refractivity contribution in [2.75, 3.05) is 5.32 Å². The second-order valence-corrected chi connectivity index (χ2v) is 6.52. The van der Waals surface area contributed by atoms with Gasteiger partial charge in [-0.25, -0.2) is 4.68 Å². The molecule has 5 heteroatoms. The molecule has 1 aliphatic heterocycles. The van der Waals surface area contributed by atoms with Crippen LogP contribution in [0.2, 0.25) is 0 Å². The molecule has 0 saturated heterocycles. The van der Waals surface area contributed by atoms with Gasteiger partial charge in [0.05, 0.1) is 0 Å². The fourth-order valence-electron chi connectivity index (χ4n) is 2.82. The van der Waals surface area contributed by atoms with Crippen molar-refractivity contribution in [3.8, 4) is 0 Å². The van der Waals surface area contributed by atoms with E-state index in [0.717, 1.165) is 21.7 Å². The van der Waals surface area contributed by atoms with E-state index in [1.807, 2.05) is 16.8 Å². The molecule has 114 valence electrons. The van der Waals surface area contributed by atoms with E-state index in [1.54, 1.807) is 6.33 Å². The molecule has 0 amide bonds. The lowest BCUT2D eigenvalue weighted by Gasteiger charge is -2.24. The fraction of sp³-hybridized carbons (Fsp3) is 0.111. The first-order valence-electron chi connectivity index (χ1n) is 7.41. The molecule has 0 spiro atoms. The van der Waals surface area contributed by atoms with E-state index < -0.39 is 0 Å². The Kier molecular flexibility index (Phi) is 3.50. The van der Waals surface area contributed by atoms with Crippen LogP contribution in [0, 0.1) is 6.92 Å². The number of fused-ring (bicyclic) bond motifs is 1. The summed E-state index contributed by atoms with van der Waals surface area (Å²) in [7, 11) is 0. The summed E-state index contributed by atoms with van der Waals surface area (Å²) in [6, 6.07) is 16.8. The molecule has 0 radical (unpaired) electrons. The molecule has 1 N–H and O–H groups in total. The number of aryl methyl sites for hydroxylation is 1. The number of allylic oxidation sites excluding steroid dienone is 1. The van der Waals surface area contributed by atoms with Gasteiger partial charge in [-0.1, -0.05) is 57.9 Å². The molecule has 0 aliphatic carbocycles. The van der Waals surface area contributed by atoms with E-state index in [-0.39, 0.29) is 6.04 Å². The van der Waals surface area contributed by atoms with E-state index in [4.69, 9.17) is 0 Å². The lowest BCUT2D eigenvalue weighted by molar-refractivity contribution is 0.611. The summed E-state index contributed by atoms with van der Waals surface area (Å²) in [5.74, 6) is 0.761. The number of benzene rings is 2. The molecule has 0 unspecified atom stereocenters. The third kappa shape index (κ3) is 2.68. The van der Waals surface area contributed by atoms with Gasteiger partial charge >= 0.3 is 0 Å². The number of anilines is 1. The van der Waals surface area contributed by atoms with Crippen molar-refractivity contribution in [1.29, 1.82) is 0 Å². The molecule has 2 aromatic carbocycles. The van der Waals surface area contributed by atoms with Gasteiger partial charge in [-0.15, -0.1) is 0 Å². The molecule has 4 rings (SSSR count). The predicted octanol–water partition coefficient (Wildman–Crippen LogP) is 4.41. The number of hydrogen-bond donors (Lipinski definition) is 1. The van der Waals surface area contributed by atoms with Crippen LogP contribution in [-0.4, -0.2) is 14.8 Å². The van der Waals surface area contributed by atoms with Crippen LogP contribution < -0.4 is 5.32 Å². The lowest BCUT2D eigenvalue weighted by atomic mass is 10.0. The zero-order valence-electron chi connectivity index (χ0n) is 12.6. The topological polar surface area (TPSA) is 42.7 Å². The average molecular weight is 367 g/mol. The zero-order valence-corrected chi connectivity index (χ0v) is 14.2. The molecule has 3 aromatic rings. The van der Waals surface area contributed by atoms with Gasteiger partial charge in [0, 0.05) is 10.2 Å². The van der Waals surface area contributed by atoms with Gasteiger partial charge in [0.1, 0.15) is 12.4 Å². The summed E-state index contributed by atoms with van der Waals surface area (Å²) in [6.07, 6.45) is 3.78. The summed E-state index contributed by atoms with van der Waals surface area (Å²) >= 11 is 3.48. The Labute approximate surface area is 143 Å². The standard InChI is InChI=1S/C18H15BrN4/c1-12-3-2-4-14(9-12)17-10-16(13-5-7-15(19)8-6-13)22-18-20-11-21-23(17)18/h2-11,17H,1H3,(H,20,21,22)/t17-/m1/s1. The minimum atomic E-state index is 0.0345. The van der Waals surface area contributed by atoms with Crippen LogP contribution in [0.25, 0.3) is 5.70 Å². The van der Waals surface area contributed by atoms with Crippen molar-refractivity contribution in [2.45, 2.75) is 13.0 Å². The Morgan fingerprint density at radius 1 is 1.13 bits per heavy atom. The molecular formula is C18H15BrN4. The molecule has 0 saturated carbocycles. The van der Waals surface area contributed by atoms with E-state index in [1.165, 1.54) is 11.1 Å². The molecule has 23 heavy (non-hydrogen) atoms. The van der Waals surface area contributed by atoms with Gasteiger partial charge in [0.25, 0.3) is 0 Å².